The van der Waals surface area contributed by atoms with E-state index < -0.39 is 10.0 Å². The maximum absolute atomic E-state index is 10.6. The molecule has 1 amide bonds. The van der Waals surface area contributed by atoms with Crippen molar-refractivity contribution in [3.63, 3.8) is 0 Å². The van der Waals surface area contributed by atoms with Gasteiger partial charge < -0.3 is 5.32 Å². The molecule has 0 spiro atoms. The second kappa shape index (κ2) is 8.67. The van der Waals surface area contributed by atoms with Crippen molar-refractivity contribution in [2.24, 2.45) is 5.92 Å². The highest BCUT2D eigenvalue weighted by Crippen LogP contribution is 2.01. The summed E-state index contributed by atoms with van der Waals surface area (Å²) in [6, 6.07) is 0. The molecule has 0 unspecified atom stereocenters. The van der Waals surface area contributed by atoms with Crippen LogP contribution in [0.3, 0.4) is 0 Å². The van der Waals surface area contributed by atoms with Crippen LogP contribution in [0.25, 0.3) is 0 Å². The molecule has 0 heterocycles. The normalized spacial score (nSPS) is 10.5. The third-order valence-corrected chi connectivity index (χ3v) is 2.34. The number of hydrogen-bond donors (Lipinski definition) is 2. The first-order valence-corrected chi connectivity index (χ1v) is 6.71. The second-order valence-electron chi connectivity index (χ2n) is 3.58. The summed E-state index contributed by atoms with van der Waals surface area (Å²) in [7, 11) is 0.128. The highest BCUT2D eigenvalue weighted by Gasteiger charge is 1.98. The summed E-state index contributed by atoms with van der Waals surface area (Å²) in [5, 5.41) is 2.58. The highest BCUT2D eigenvalue weighted by atomic mass is 32.2. The highest BCUT2D eigenvalue weighted by molar-refractivity contribution is 7.88. The van der Waals surface area contributed by atoms with Crippen molar-refractivity contribution in [2.75, 3.05) is 20.4 Å². The van der Waals surface area contributed by atoms with Gasteiger partial charge in [0.15, 0.2) is 0 Å². The second-order valence-corrected chi connectivity index (χ2v) is 5.53. The minimum Gasteiger partial charge on any atom is -0.359 e. The SMILES string of the molecule is CNC(=O)CCC(C)C.CNS(C)(=O)=O. The van der Waals surface area contributed by atoms with E-state index in [0.717, 1.165) is 12.7 Å². The van der Waals surface area contributed by atoms with Gasteiger partial charge in [-0.25, -0.2) is 13.1 Å². The molecule has 0 aliphatic heterocycles. The van der Waals surface area contributed by atoms with Crippen LogP contribution in [0.4, 0.5) is 0 Å². The smallest absolute Gasteiger partial charge is 0.219 e. The monoisotopic (exact) mass is 238 g/mol. The predicted molar refractivity (Wildman–Crippen MR) is 62.0 cm³/mol. The first-order chi connectivity index (χ1) is 6.72. The molecular formula is C9H22N2O3S. The van der Waals surface area contributed by atoms with E-state index in [2.05, 4.69) is 23.9 Å². The number of hydrogen-bond acceptors (Lipinski definition) is 3. The Labute approximate surface area is 92.7 Å². The van der Waals surface area contributed by atoms with Crippen LogP contribution in [0, 0.1) is 5.92 Å². The van der Waals surface area contributed by atoms with Crippen LogP contribution >= 0.6 is 0 Å². The third kappa shape index (κ3) is 19.7. The largest absolute Gasteiger partial charge is 0.359 e. The van der Waals surface area contributed by atoms with Crippen LogP contribution in [-0.4, -0.2) is 34.7 Å². The molecule has 0 atom stereocenters. The quantitative estimate of drug-likeness (QED) is 0.741. The van der Waals surface area contributed by atoms with Crippen LogP contribution in [0.2, 0.25) is 0 Å². The van der Waals surface area contributed by atoms with E-state index in [4.69, 9.17) is 0 Å². The van der Waals surface area contributed by atoms with Gasteiger partial charge in [-0.1, -0.05) is 13.8 Å². The van der Waals surface area contributed by atoms with Crippen molar-refractivity contribution in [1.82, 2.24) is 10.0 Å². The molecule has 0 aromatic heterocycles. The molecule has 15 heavy (non-hydrogen) atoms. The molecule has 0 aromatic rings. The molecule has 0 bridgehead atoms. The van der Waals surface area contributed by atoms with Crippen molar-refractivity contribution in [3.05, 3.63) is 0 Å². The summed E-state index contributed by atoms with van der Waals surface area (Å²) in [6.45, 7) is 4.23. The van der Waals surface area contributed by atoms with Gasteiger partial charge in [0.25, 0.3) is 0 Å². The van der Waals surface area contributed by atoms with E-state index >= 15 is 0 Å². The van der Waals surface area contributed by atoms with Crippen LogP contribution < -0.4 is 10.0 Å². The van der Waals surface area contributed by atoms with Crippen molar-refractivity contribution in [3.8, 4) is 0 Å². The van der Waals surface area contributed by atoms with Gasteiger partial charge in [0, 0.05) is 13.5 Å². The minimum absolute atomic E-state index is 0.142. The van der Waals surface area contributed by atoms with E-state index in [-0.39, 0.29) is 5.91 Å². The third-order valence-electron chi connectivity index (χ3n) is 1.60. The van der Waals surface area contributed by atoms with Crippen LogP contribution in [0.1, 0.15) is 26.7 Å². The fourth-order valence-electron chi connectivity index (χ4n) is 0.545. The van der Waals surface area contributed by atoms with Gasteiger partial charge in [-0.3, -0.25) is 4.79 Å². The summed E-state index contributed by atoms with van der Waals surface area (Å²) >= 11 is 0. The molecule has 5 nitrogen and oxygen atoms in total. The molecule has 0 saturated carbocycles. The minimum atomic E-state index is -2.91. The zero-order chi connectivity index (χ0) is 12.5. The Kier molecular flexibility index (Phi) is 9.71. The Morgan fingerprint density at radius 1 is 1.27 bits per heavy atom. The lowest BCUT2D eigenvalue weighted by molar-refractivity contribution is -0.120. The maximum atomic E-state index is 10.6. The van der Waals surface area contributed by atoms with E-state index in [1.54, 1.807) is 7.05 Å². The Morgan fingerprint density at radius 2 is 1.67 bits per heavy atom. The van der Waals surface area contributed by atoms with Crippen molar-refractivity contribution >= 4 is 15.9 Å². The lowest BCUT2D eigenvalue weighted by Gasteiger charge is -2.01. The molecule has 92 valence electrons. The maximum Gasteiger partial charge on any atom is 0.219 e. The zero-order valence-corrected chi connectivity index (χ0v) is 10.9. The van der Waals surface area contributed by atoms with Crippen LogP contribution in [-0.2, 0) is 14.8 Å². The molecule has 0 saturated heterocycles. The fourth-order valence-corrected chi connectivity index (χ4v) is 0.545. The molecule has 2 N–H and O–H groups in total. The fraction of sp³-hybridized carbons (Fsp3) is 0.889. The Bertz CT molecular complexity index is 261. The standard InChI is InChI=1S/C7H15NO.C2H7NO2S/c1-6(2)4-5-7(9)8-3;1-3-6(2,4)5/h6H,4-5H2,1-3H3,(H,8,9);3H,1-2H3. The molecule has 0 aliphatic rings. The molecule has 0 aliphatic carbocycles. The summed E-state index contributed by atoms with van der Waals surface area (Å²) in [4.78, 5) is 10.6. The van der Waals surface area contributed by atoms with Crippen molar-refractivity contribution < 1.29 is 13.2 Å². The molecule has 0 rings (SSSR count). The lowest BCUT2D eigenvalue weighted by atomic mass is 10.1. The Morgan fingerprint density at radius 3 is 1.87 bits per heavy atom. The molecular weight excluding hydrogens is 216 g/mol. The number of nitrogens with one attached hydrogen (secondary N) is 2. The first kappa shape index (κ1) is 16.8. The van der Waals surface area contributed by atoms with Gasteiger partial charge in [-0.05, 0) is 19.4 Å². The van der Waals surface area contributed by atoms with Gasteiger partial charge in [-0.2, -0.15) is 0 Å². The van der Waals surface area contributed by atoms with E-state index in [1.807, 2.05) is 0 Å². The molecule has 0 aromatic carbocycles. The van der Waals surface area contributed by atoms with Gasteiger partial charge in [0.05, 0.1) is 6.26 Å². The number of sulfonamides is 1. The van der Waals surface area contributed by atoms with Crippen LogP contribution in [0.5, 0.6) is 0 Å². The zero-order valence-electron chi connectivity index (χ0n) is 10.1. The summed E-state index contributed by atoms with van der Waals surface area (Å²) in [5.74, 6) is 0.769. The van der Waals surface area contributed by atoms with Gasteiger partial charge >= 0.3 is 0 Å². The van der Waals surface area contributed by atoms with E-state index in [1.165, 1.54) is 7.05 Å². The summed E-state index contributed by atoms with van der Waals surface area (Å²) in [5.41, 5.74) is 0. The number of rotatable bonds is 4. The van der Waals surface area contributed by atoms with E-state index in [9.17, 15) is 13.2 Å². The number of carbonyl (C=O) groups excluding carboxylic acids is 1. The summed E-state index contributed by atoms with van der Waals surface area (Å²) < 4.78 is 21.9. The van der Waals surface area contributed by atoms with Gasteiger partial charge in [0.1, 0.15) is 0 Å². The van der Waals surface area contributed by atoms with Crippen molar-refractivity contribution in [1.29, 1.82) is 0 Å². The van der Waals surface area contributed by atoms with E-state index in [0.29, 0.717) is 12.3 Å². The average molecular weight is 238 g/mol. The Hall–Kier alpha value is -0.620. The number of amides is 1. The van der Waals surface area contributed by atoms with Crippen molar-refractivity contribution in [2.45, 2.75) is 26.7 Å². The topological polar surface area (TPSA) is 75.3 Å². The summed E-state index contributed by atoms with van der Waals surface area (Å²) in [6.07, 6.45) is 2.75. The average Bonchev–Trinajstić information content (AvgIpc) is 2.14. The molecule has 0 fully saturated rings. The molecule has 0 radical (unpaired) electrons. The predicted octanol–water partition coefficient (Wildman–Crippen LogP) is 0.334. The first-order valence-electron chi connectivity index (χ1n) is 4.82. The van der Waals surface area contributed by atoms with Crippen LogP contribution in [0.15, 0.2) is 0 Å². The number of carbonyl (C=O) groups is 1. The Balaban J connectivity index is 0. The van der Waals surface area contributed by atoms with Gasteiger partial charge in [-0.15, -0.1) is 0 Å². The van der Waals surface area contributed by atoms with Gasteiger partial charge in [0.2, 0.25) is 15.9 Å². The lowest BCUT2D eigenvalue weighted by Crippen LogP contribution is -2.17. The molecule has 6 heteroatoms.